The molecule has 1 fully saturated rings. The van der Waals surface area contributed by atoms with E-state index in [1.807, 2.05) is 0 Å². The third-order valence-corrected chi connectivity index (χ3v) is 5.01. The van der Waals surface area contributed by atoms with Gasteiger partial charge in [0.1, 0.15) is 30.3 Å². The zero-order chi connectivity index (χ0) is 19.8. The molecular weight excluding hydrogens is 404 g/mol. The van der Waals surface area contributed by atoms with Gasteiger partial charge in [-0.25, -0.2) is 19.5 Å². The van der Waals surface area contributed by atoms with Crippen molar-refractivity contribution in [2.45, 2.75) is 24.9 Å². The largest absolute Gasteiger partial charge is 0.469 e. The lowest BCUT2D eigenvalue weighted by Gasteiger charge is -2.19. The highest BCUT2D eigenvalue weighted by molar-refractivity contribution is 7.51. The summed E-state index contributed by atoms with van der Waals surface area (Å²) in [5.74, 6) is 0.506. The molecule has 2 aromatic heterocycles. The standard InChI is InChI=1S/C12H19N5O8P2/c1-13-11-10-12(15-5-14-11)17(6-16-10)9-3-7(25-27(20,21)22)8(24-9)4-23-26(2,18)19/h5-9H,3-4H2,1-2H3,(H,18,19)(H,13,14,15)(H2,20,21,22)/t7-,8+,9+/m0/s1. The van der Waals surface area contributed by atoms with Crippen LogP contribution < -0.4 is 5.32 Å². The summed E-state index contributed by atoms with van der Waals surface area (Å²) in [6, 6.07) is 0. The van der Waals surface area contributed by atoms with E-state index in [0.29, 0.717) is 17.0 Å². The molecule has 3 heterocycles. The molecule has 1 saturated heterocycles. The van der Waals surface area contributed by atoms with E-state index in [1.165, 1.54) is 12.7 Å². The summed E-state index contributed by atoms with van der Waals surface area (Å²) in [5.41, 5.74) is 0.934. The van der Waals surface area contributed by atoms with E-state index in [1.54, 1.807) is 11.6 Å². The van der Waals surface area contributed by atoms with E-state index < -0.39 is 33.9 Å². The van der Waals surface area contributed by atoms with Crippen LogP contribution in [0.25, 0.3) is 11.2 Å². The molecule has 0 aliphatic carbocycles. The molecule has 0 amide bonds. The Kier molecular flexibility index (Phi) is 5.67. The van der Waals surface area contributed by atoms with Crippen LogP contribution >= 0.6 is 15.4 Å². The van der Waals surface area contributed by atoms with Crippen molar-refractivity contribution < 1.29 is 37.6 Å². The Bertz CT molecular complexity index is 910. The number of aromatic nitrogens is 4. The third kappa shape index (κ3) is 4.89. The second-order valence-corrected chi connectivity index (χ2v) is 8.95. The Morgan fingerprint density at radius 3 is 2.70 bits per heavy atom. The molecule has 3 rings (SSSR count). The molecule has 1 aliphatic heterocycles. The minimum Gasteiger partial charge on any atom is -0.371 e. The Morgan fingerprint density at radius 1 is 1.33 bits per heavy atom. The van der Waals surface area contributed by atoms with Crippen molar-refractivity contribution in [2.75, 3.05) is 25.6 Å². The van der Waals surface area contributed by atoms with Crippen LogP contribution in [-0.2, 0) is 22.9 Å². The van der Waals surface area contributed by atoms with Crippen LogP contribution in [0.2, 0.25) is 0 Å². The number of fused-ring (bicyclic) bond motifs is 1. The van der Waals surface area contributed by atoms with Crippen LogP contribution in [0.4, 0.5) is 5.82 Å². The van der Waals surface area contributed by atoms with Crippen molar-refractivity contribution in [1.82, 2.24) is 19.5 Å². The fourth-order valence-electron chi connectivity index (χ4n) is 2.77. The highest BCUT2D eigenvalue weighted by Crippen LogP contribution is 2.45. The number of phosphoric ester groups is 1. The predicted molar refractivity (Wildman–Crippen MR) is 92.0 cm³/mol. The summed E-state index contributed by atoms with van der Waals surface area (Å²) < 4.78 is 39.5. The van der Waals surface area contributed by atoms with Crippen molar-refractivity contribution in [1.29, 1.82) is 0 Å². The number of rotatable bonds is 7. The van der Waals surface area contributed by atoms with E-state index in [-0.39, 0.29) is 13.0 Å². The van der Waals surface area contributed by atoms with Gasteiger partial charge in [0.15, 0.2) is 11.5 Å². The number of nitrogens with zero attached hydrogens (tertiary/aromatic N) is 4. The maximum absolute atomic E-state index is 11.4. The Balaban J connectivity index is 1.86. The van der Waals surface area contributed by atoms with Gasteiger partial charge < -0.3 is 29.3 Å². The second-order valence-electron chi connectivity index (χ2n) is 5.89. The maximum Gasteiger partial charge on any atom is 0.469 e. The van der Waals surface area contributed by atoms with Gasteiger partial charge >= 0.3 is 15.4 Å². The summed E-state index contributed by atoms with van der Waals surface area (Å²) in [5, 5.41) is 2.89. The highest BCUT2D eigenvalue weighted by Gasteiger charge is 2.42. The summed E-state index contributed by atoms with van der Waals surface area (Å²) in [4.78, 5) is 40.0. The van der Waals surface area contributed by atoms with Gasteiger partial charge in [0.05, 0.1) is 12.9 Å². The summed E-state index contributed by atoms with van der Waals surface area (Å²) in [6.45, 7) is 0.618. The third-order valence-electron chi connectivity index (χ3n) is 3.84. The lowest BCUT2D eigenvalue weighted by atomic mass is 10.2. The molecule has 4 atom stereocenters. The molecule has 150 valence electrons. The van der Waals surface area contributed by atoms with E-state index in [2.05, 4.69) is 20.3 Å². The van der Waals surface area contributed by atoms with Gasteiger partial charge in [-0.2, -0.15) is 0 Å². The van der Waals surface area contributed by atoms with Crippen molar-refractivity contribution in [3.05, 3.63) is 12.7 Å². The number of phosphoric acid groups is 1. The molecule has 27 heavy (non-hydrogen) atoms. The van der Waals surface area contributed by atoms with Gasteiger partial charge in [-0.05, 0) is 0 Å². The van der Waals surface area contributed by atoms with Gasteiger partial charge in [0.25, 0.3) is 0 Å². The fourth-order valence-corrected chi connectivity index (χ4v) is 3.76. The molecule has 13 nitrogen and oxygen atoms in total. The molecule has 4 N–H and O–H groups in total. The lowest BCUT2D eigenvalue weighted by Crippen LogP contribution is -2.28. The van der Waals surface area contributed by atoms with Gasteiger partial charge in [0.2, 0.25) is 0 Å². The van der Waals surface area contributed by atoms with E-state index in [9.17, 15) is 14.0 Å². The molecule has 15 heteroatoms. The minimum atomic E-state index is -4.81. The molecule has 1 aliphatic rings. The number of ether oxygens (including phenoxy) is 1. The number of anilines is 1. The van der Waals surface area contributed by atoms with Gasteiger partial charge in [-0.3, -0.25) is 13.7 Å². The van der Waals surface area contributed by atoms with Crippen LogP contribution in [0, 0.1) is 0 Å². The normalized spacial score (nSPS) is 25.6. The topological polar surface area (TPSA) is 178 Å². The van der Waals surface area contributed by atoms with Crippen LogP contribution in [0.15, 0.2) is 12.7 Å². The molecule has 0 bridgehead atoms. The first-order valence-corrected chi connectivity index (χ1v) is 11.3. The maximum atomic E-state index is 11.4. The Hall–Kier alpha value is -1.43. The average molecular weight is 423 g/mol. The number of hydrogen-bond donors (Lipinski definition) is 4. The highest BCUT2D eigenvalue weighted by atomic mass is 31.2. The van der Waals surface area contributed by atoms with Crippen molar-refractivity contribution in [2.24, 2.45) is 0 Å². The second kappa shape index (κ2) is 7.53. The Morgan fingerprint density at radius 2 is 2.07 bits per heavy atom. The van der Waals surface area contributed by atoms with E-state index >= 15 is 0 Å². The first-order chi connectivity index (χ1) is 12.6. The Labute approximate surface area is 153 Å². The molecule has 2 aromatic rings. The summed E-state index contributed by atoms with van der Waals surface area (Å²) >= 11 is 0. The monoisotopic (exact) mass is 423 g/mol. The molecule has 0 saturated carbocycles. The zero-order valence-corrected chi connectivity index (χ0v) is 16.2. The first kappa shape index (κ1) is 20.3. The summed E-state index contributed by atoms with van der Waals surface area (Å²) in [6.07, 6.45) is 0.0682. The zero-order valence-electron chi connectivity index (χ0n) is 14.4. The van der Waals surface area contributed by atoms with Crippen molar-refractivity contribution >= 4 is 32.4 Å². The van der Waals surface area contributed by atoms with Crippen LogP contribution in [0.5, 0.6) is 0 Å². The number of nitrogens with one attached hydrogen (secondary N) is 1. The van der Waals surface area contributed by atoms with Crippen molar-refractivity contribution in [3.63, 3.8) is 0 Å². The fraction of sp³-hybridized carbons (Fsp3) is 0.583. The number of hydrogen-bond acceptors (Lipinski definition) is 9. The molecule has 0 radical (unpaired) electrons. The van der Waals surface area contributed by atoms with Gasteiger partial charge in [-0.15, -0.1) is 0 Å². The number of imidazole rings is 1. The van der Waals surface area contributed by atoms with Crippen LogP contribution in [0.1, 0.15) is 12.6 Å². The molecule has 1 unspecified atom stereocenters. The minimum absolute atomic E-state index is 0.0446. The molecule has 0 spiro atoms. The van der Waals surface area contributed by atoms with E-state index in [0.717, 1.165) is 6.66 Å². The molecule has 0 aromatic carbocycles. The first-order valence-electron chi connectivity index (χ1n) is 7.77. The average Bonchev–Trinajstić information content (AvgIpc) is 3.14. The van der Waals surface area contributed by atoms with Crippen LogP contribution in [0.3, 0.4) is 0 Å². The SMILES string of the molecule is CNc1ncnc2c1ncn2[C@H]1C[C@H](OP(=O)(O)O)[C@@H](COP(C)(=O)O)O1. The van der Waals surface area contributed by atoms with E-state index in [4.69, 9.17) is 23.6 Å². The molecular formula is C12H19N5O8P2. The van der Waals surface area contributed by atoms with Gasteiger partial charge in [0, 0.05) is 20.1 Å². The van der Waals surface area contributed by atoms with Gasteiger partial charge in [-0.1, -0.05) is 0 Å². The van der Waals surface area contributed by atoms with Crippen LogP contribution in [-0.4, -0.2) is 66.7 Å². The predicted octanol–water partition coefficient (Wildman–Crippen LogP) is 0.465. The quantitative estimate of drug-likeness (QED) is 0.453. The smallest absolute Gasteiger partial charge is 0.371 e. The summed E-state index contributed by atoms with van der Waals surface area (Å²) in [7, 11) is -6.93. The van der Waals surface area contributed by atoms with Crippen molar-refractivity contribution in [3.8, 4) is 0 Å². The lowest BCUT2D eigenvalue weighted by molar-refractivity contribution is -0.0388.